The highest BCUT2D eigenvalue weighted by Crippen LogP contribution is 2.34. The van der Waals surface area contributed by atoms with Crippen molar-refractivity contribution in [1.82, 2.24) is 24.3 Å². The number of nitrogens with two attached hydrogens (primary N) is 1. The molecule has 10 heteroatoms. The Morgan fingerprint density at radius 3 is 2.76 bits per heavy atom. The summed E-state index contributed by atoms with van der Waals surface area (Å²) in [6, 6.07) is 12.2. The minimum Gasteiger partial charge on any atom is -0.382 e. The molecule has 0 saturated carbocycles. The normalized spacial score (nSPS) is 15.4. The summed E-state index contributed by atoms with van der Waals surface area (Å²) in [6.45, 7) is 3.27. The van der Waals surface area contributed by atoms with E-state index in [1.54, 1.807) is 24.4 Å². The van der Waals surface area contributed by atoms with Crippen LogP contribution in [-0.2, 0) is 4.79 Å². The Morgan fingerprint density at radius 1 is 1.19 bits per heavy atom. The Labute approximate surface area is 213 Å². The number of likely N-dealkylation sites (tertiary alicyclic amines) is 1. The summed E-state index contributed by atoms with van der Waals surface area (Å²) in [6.07, 6.45) is 7.30. The number of hydrogen-bond acceptors (Lipinski definition) is 7. The second-order valence-corrected chi connectivity index (χ2v) is 8.96. The van der Waals surface area contributed by atoms with Gasteiger partial charge in [0.05, 0.1) is 11.6 Å². The number of carbonyl (C=O) groups is 2. The molecule has 4 aromatic rings. The van der Waals surface area contributed by atoms with Crippen LogP contribution in [0.25, 0.3) is 16.8 Å². The number of hydrogen-bond donors (Lipinski definition) is 2. The van der Waals surface area contributed by atoms with Crippen LogP contribution in [-0.4, -0.2) is 49.2 Å². The number of piperidine rings is 1. The lowest BCUT2D eigenvalue weighted by atomic mass is 9.97. The smallest absolute Gasteiger partial charge is 0.256 e. The van der Waals surface area contributed by atoms with Gasteiger partial charge in [-0.1, -0.05) is 19.1 Å². The van der Waals surface area contributed by atoms with Crippen molar-refractivity contribution in [2.75, 3.05) is 24.1 Å². The molecule has 10 nitrogen and oxygen atoms in total. The number of pyridine rings is 1. The zero-order chi connectivity index (χ0) is 25.9. The maximum absolute atomic E-state index is 12.7. The molecular weight excluding hydrogens is 468 g/mol. The van der Waals surface area contributed by atoms with Crippen LogP contribution < -0.4 is 11.1 Å². The minimum atomic E-state index is -0.339. The largest absolute Gasteiger partial charge is 0.382 e. The fourth-order valence-electron chi connectivity index (χ4n) is 4.75. The number of amides is 2. The van der Waals surface area contributed by atoms with Gasteiger partial charge in [0.1, 0.15) is 28.7 Å². The van der Waals surface area contributed by atoms with Crippen molar-refractivity contribution < 1.29 is 9.59 Å². The van der Waals surface area contributed by atoms with Crippen molar-refractivity contribution in [1.29, 1.82) is 5.26 Å². The van der Waals surface area contributed by atoms with Gasteiger partial charge in [-0.2, -0.15) is 5.26 Å². The average molecular weight is 495 g/mol. The number of rotatable bonds is 5. The van der Waals surface area contributed by atoms with Crippen LogP contribution in [0.15, 0.2) is 55.0 Å². The lowest BCUT2D eigenvalue weighted by Crippen LogP contribution is -2.39. The van der Waals surface area contributed by atoms with Gasteiger partial charge in [0.15, 0.2) is 0 Å². The molecule has 37 heavy (non-hydrogen) atoms. The van der Waals surface area contributed by atoms with Crippen molar-refractivity contribution in [2.24, 2.45) is 0 Å². The molecule has 0 radical (unpaired) electrons. The van der Waals surface area contributed by atoms with E-state index in [1.165, 1.54) is 12.3 Å². The molecule has 3 aromatic heterocycles. The Balaban J connectivity index is 1.45. The van der Waals surface area contributed by atoms with Crippen molar-refractivity contribution in [3.05, 3.63) is 71.9 Å². The minimum absolute atomic E-state index is 0.0778. The van der Waals surface area contributed by atoms with Gasteiger partial charge < -0.3 is 16.0 Å². The average Bonchev–Trinajstić information content (AvgIpc) is 3.34. The summed E-state index contributed by atoms with van der Waals surface area (Å²) in [5.41, 5.74) is 9.31. The van der Waals surface area contributed by atoms with Gasteiger partial charge in [0, 0.05) is 55.1 Å². The zero-order valence-electron chi connectivity index (χ0n) is 20.4. The standard InChI is InChI=1S/C27H26N8O2/c1-2-22(36)34-12-3-4-20(16-34)26-33-23(24-25(29)31-11-13-35(24)26)18-5-7-19(8-6-18)27(37)32-21-14-17(15-28)9-10-30-21/h5-11,13-14,20H,2-4,12,16H2,1H3,(H2,29,31)(H,30,32,37). The zero-order valence-corrected chi connectivity index (χ0v) is 20.4. The number of carbonyl (C=O) groups excluding carboxylic acids is 2. The summed E-state index contributed by atoms with van der Waals surface area (Å²) in [7, 11) is 0. The first-order valence-corrected chi connectivity index (χ1v) is 12.2. The van der Waals surface area contributed by atoms with Crippen LogP contribution in [0.2, 0.25) is 0 Å². The lowest BCUT2D eigenvalue weighted by Gasteiger charge is -2.32. The summed E-state index contributed by atoms with van der Waals surface area (Å²) in [5, 5.41) is 11.8. The first-order valence-electron chi connectivity index (χ1n) is 12.2. The summed E-state index contributed by atoms with van der Waals surface area (Å²) in [4.78, 5) is 40.3. The SMILES string of the molecule is CCC(=O)N1CCCC(c2nc(-c3ccc(C(=O)Nc4cc(C#N)ccn4)cc3)c3c(N)nccn23)C1. The van der Waals surface area contributed by atoms with Gasteiger partial charge in [-0.3, -0.25) is 14.0 Å². The molecule has 186 valence electrons. The lowest BCUT2D eigenvalue weighted by molar-refractivity contribution is -0.132. The molecule has 1 atom stereocenters. The van der Waals surface area contributed by atoms with Crippen LogP contribution in [0.3, 0.4) is 0 Å². The Kier molecular flexibility index (Phi) is 6.51. The summed E-state index contributed by atoms with van der Waals surface area (Å²) < 4.78 is 1.97. The molecule has 0 aliphatic carbocycles. The van der Waals surface area contributed by atoms with Gasteiger partial charge in [-0.25, -0.2) is 15.0 Å². The van der Waals surface area contributed by atoms with Crippen molar-refractivity contribution in [2.45, 2.75) is 32.1 Å². The van der Waals surface area contributed by atoms with Gasteiger partial charge in [-0.05, 0) is 37.1 Å². The third-order valence-corrected chi connectivity index (χ3v) is 6.60. The fraction of sp³-hybridized carbons (Fsp3) is 0.259. The quantitative estimate of drug-likeness (QED) is 0.431. The predicted molar refractivity (Wildman–Crippen MR) is 139 cm³/mol. The maximum atomic E-state index is 12.7. The molecule has 1 aromatic carbocycles. The van der Waals surface area contributed by atoms with E-state index in [9.17, 15) is 9.59 Å². The predicted octanol–water partition coefficient (Wildman–Crippen LogP) is 3.61. The number of anilines is 2. The Bertz CT molecular complexity index is 1520. The van der Waals surface area contributed by atoms with Crippen molar-refractivity contribution in [3.63, 3.8) is 0 Å². The van der Waals surface area contributed by atoms with Gasteiger partial charge >= 0.3 is 0 Å². The van der Waals surface area contributed by atoms with Gasteiger partial charge in [-0.15, -0.1) is 0 Å². The van der Waals surface area contributed by atoms with Gasteiger partial charge in [0.25, 0.3) is 5.91 Å². The number of imidazole rings is 1. The number of nitrogen functional groups attached to an aromatic ring is 1. The van der Waals surface area contributed by atoms with Crippen LogP contribution >= 0.6 is 0 Å². The Morgan fingerprint density at radius 2 is 2.00 bits per heavy atom. The Hall–Kier alpha value is -4.78. The number of benzene rings is 1. The molecule has 2 amide bonds. The third kappa shape index (κ3) is 4.71. The van der Waals surface area contributed by atoms with E-state index in [2.05, 4.69) is 15.3 Å². The van der Waals surface area contributed by atoms with Crippen molar-refractivity contribution >= 4 is 29.0 Å². The second kappa shape index (κ2) is 10.1. The maximum Gasteiger partial charge on any atom is 0.256 e. The number of nitrogens with one attached hydrogen (secondary N) is 1. The molecule has 4 heterocycles. The van der Waals surface area contributed by atoms with Crippen LogP contribution in [0, 0.1) is 11.3 Å². The van der Waals surface area contributed by atoms with E-state index in [0.717, 1.165) is 30.8 Å². The van der Waals surface area contributed by atoms with Crippen LogP contribution in [0.1, 0.15) is 53.8 Å². The summed E-state index contributed by atoms with van der Waals surface area (Å²) in [5.74, 6) is 1.40. The second-order valence-electron chi connectivity index (χ2n) is 8.96. The molecule has 1 fully saturated rings. The molecule has 3 N–H and O–H groups in total. The van der Waals surface area contributed by atoms with Crippen LogP contribution in [0.4, 0.5) is 11.6 Å². The molecule has 1 saturated heterocycles. The van der Waals surface area contributed by atoms with E-state index in [-0.39, 0.29) is 17.7 Å². The molecule has 0 spiro atoms. The highest BCUT2D eigenvalue weighted by atomic mass is 16.2. The molecule has 0 bridgehead atoms. The molecular formula is C27H26N8O2. The van der Waals surface area contributed by atoms with E-state index in [4.69, 9.17) is 16.0 Å². The van der Waals surface area contributed by atoms with Crippen LogP contribution in [0.5, 0.6) is 0 Å². The highest BCUT2D eigenvalue weighted by molar-refractivity contribution is 6.04. The number of fused-ring (bicyclic) bond motifs is 1. The molecule has 5 rings (SSSR count). The monoisotopic (exact) mass is 494 g/mol. The van der Waals surface area contributed by atoms with E-state index >= 15 is 0 Å². The number of nitrogens with zero attached hydrogens (tertiary/aromatic N) is 6. The van der Waals surface area contributed by atoms with E-state index in [0.29, 0.717) is 46.9 Å². The molecule has 1 unspecified atom stereocenters. The fourth-order valence-corrected chi connectivity index (χ4v) is 4.75. The topological polar surface area (TPSA) is 142 Å². The third-order valence-electron chi connectivity index (χ3n) is 6.60. The number of aromatic nitrogens is 4. The number of nitriles is 1. The first kappa shape index (κ1) is 23.9. The first-order chi connectivity index (χ1) is 18.0. The van der Waals surface area contributed by atoms with E-state index in [1.807, 2.05) is 40.6 Å². The summed E-state index contributed by atoms with van der Waals surface area (Å²) >= 11 is 0. The van der Waals surface area contributed by atoms with E-state index < -0.39 is 0 Å². The highest BCUT2D eigenvalue weighted by Gasteiger charge is 2.28. The van der Waals surface area contributed by atoms with Gasteiger partial charge in [0.2, 0.25) is 5.91 Å². The molecule has 1 aliphatic heterocycles. The van der Waals surface area contributed by atoms with Crippen molar-refractivity contribution in [3.8, 4) is 17.3 Å². The molecule has 1 aliphatic rings.